The summed E-state index contributed by atoms with van der Waals surface area (Å²) in [5, 5.41) is 0.170. The quantitative estimate of drug-likeness (QED) is 0.768. The molecule has 0 aliphatic rings. The van der Waals surface area contributed by atoms with E-state index in [2.05, 4.69) is 4.98 Å². The standard InChI is InChI=1S/C19H18F2N4O/c1-11-8-17(15-9-12(20)10-16(21)18(15)23-11)25(19(22)26)14-6-4-13(5-7-14)24(2)3/h4-10H,1-3H3,(H2,22,26). The van der Waals surface area contributed by atoms with Gasteiger partial charge in [0.2, 0.25) is 0 Å². The molecule has 0 fully saturated rings. The molecule has 0 saturated heterocycles. The molecule has 0 unspecified atom stereocenters. The molecule has 1 aromatic heterocycles. The van der Waals surface area contributed by atoms with Crippen molar-refractivity contribution in [2.24, 2.45) is 5.73 Å². The molecular formula is C19H18F2N4O. The third-order valence-electron chi connectivity index (χ3n) is 4.02. The Bertz CT molecular complexity index is 987. The van der Waals surface area contributed by atoms with Gasteiger partial charge in [-0.3, -0.25) is 4.90 Å². The van der Waals surface area contributed by atoms with Crippen LogP contribution in [0.3, 0.4) is 0 Å². The largest absolute Gasteiger partial charge is 0.378 e. The van der Waals surface area contributed by atoms with Crippen molar-refractivity contribution in [3.8, 4) is 0 Å². The Kier molecular flexibility index (Phi) is 4.46. The average Bonchev–Trinajstić information content (AvgIpc) is 2.56. The predicted molar refractivity (Wildman–Crippen MR) is 98.9 cm³/mol. The maximum Gasteiger partial charge on any atom is 0.323 e. The Morgan fingerprint density at radius 1 is 1.04 bits per heavy atom. The van der Waals surface area contributed by atoms with Crippen LogP contribution in [0.25, 0.3) is 10.9 Å². The highest BCUT2D eigenvalue weighted by Crippen LogP contribution is 2.34. The number of primary amides is 1. The van der Waals surface area contributed by atoms with Crippen LogP contribution in [-0.2, 0) is 0 Å². The van der Waals surface area contributed by atoms with Gasteiger partial charge in [-0.25, -0.2) is 18.6 Å². The number of halogens is 2. The predicted octanol–water partition coefficient (Wildman–Crippen LogP) is 4.10. The lowest BCUT2D eigenvalue weighted by atomic mass is 10.1. The summed E-state index contributed by atoms with van der Waals surface area (Å²) in [5.41, 5.74) is 7.75. The lowest BCUT2D eigenvalue weighted by Gasteiger charge is -2.23. The molecule has 0 aliphatic carbocycles. The second kappa shape index (κ2) is 6.59. The number of aromatic nitrogens is 1. The molecule has 0 bridgehead atoms. The molecule has 3 rings (SSSR count). The smallest absolute Gasteiger partial charge is 0.323 e. The summed E-state index contributed by atoms with van der Waals surface area (Å²) in [6.07, 6.45) is 0. The summed E-state index contributed by atoms with van der Waals surface area (Å²) in [6, 6.07) is 9.80. The highest BCUT2D eigenvalue weighted by Gasteiger charge is 2.21. The number of nitrogens with zero attached hydrogens (tertiary/aromatic N) is 3. The van der Waals surface area contributed by atoms with Crippen LogP contribution >= 0.6 is 0 Å². The van der Waals surface area contributed by atoms with Gasteiger partial charge in [0.15, 0.2) is 5.82 Å². The fraction of sp³-hybridized carbons (Fsp3) is 0.158. The van der Waals surface area contributed by atoms with Gasteiger partial charge < -0.3 is 10.6 Å². The number of pyridine rings is 1. The number of aryl methyl sites for hydroxylation is 1. The minimum absolute atomic E-state index is 0.0161. The van der Waals surface area contributed by atoms with Gasteiger partial charge in [-0.1, -0.05) is 0 Å². The third-order valence-corrected chi connectivity index (χ3v) is 4.02. The molecule has 2 aromatic carbocycles. The van der Waals surface area contributed by atoms with Crippen molar-refractivity contribution >= 4 is 34.0 Å². The summed E-state index contributed by atoms with van der Waals surface area (Å²) < 4.78 is 28.0. The van der Waals surface area contributed by atoms with E-state index in [1.54, 1.807) is 25.1 Å². The number of rotatable bonds is 3. The van der Waals surface area contributed by atoms with Crippen molar-refractivity contribution in [2.75, 3.05) is 23.9 Å². The number of fused-ring (bicyclic) bond motifs is 1. The molecule has 5 nitrogen and oxygen atoms in total. The normalized spacial score (nSPS) is 10.8. The van der Waals surface area contributed by atoms with Crippen molar-refractivity contribution in [3.63, 3.8) is 0 Å². The molecule has 3 aromatic rings. The Balaban J connectivity index is 2.25. The molecule has 0 atom stereocenters. The summed E-state index contributed by atoms with van der Waals surface area (Å²) in [4.78, 5) is 19.4. The monoisotopic (exact) mass is 356 g/mol. The van der Waals surface area contributed by atoms with E-state index in [0.717, 1.165) is 17.8 Å². The van der Waals surface area contributed by atoms with Crippen LogP contribution in [0.1, 0.15) is 5.69 Å². The maximum absolute atomic E-state index is 14.2. The molecule has 0 spiro atoms. The summed E-state index contributed by atoms with van der Waals surface area (Å²) in [5.74, 6) is -1.55. The van der Waals surface area contributed by atoms with E-state index in [0.29, 0.717) is 11.4 Å². The zero-order valence-electron chi connectivity index (χ0n) is 14.6. The van der Waals surface area contributed by atoms with E-state index in [4.69, 9.17) is 5.73 Å². The van der Waals surface area contributed by atoms with Gasteiger partial charge >= 0.3 is 6.03 Å². The molecule has 0 aliphatic heterocycles. The zero-order chi connectivity index (χ0) is 19.0. The van der Waals surface area contributed by atoms with E-state index < -0.39 is 17.7 Å². The van der Waals surface area contributed by atoms with Gasteiger partial charge in [0.1, 0.15) is 11.3 Å². The van der Waals surface area contributed by atoms with Gasteiger partial charge in [0.05, 0.1) is 11.4 Å². The maximum atomic E-state index is 14.2. The molecule has 134 valence electrons. The average molecular weight is 356 g/mol. The van der Waals surface area contributed by atoms with Crippen LogP contribution in [0, 0.1) is 18.6 Å². The first kappa shape index (κ1) is 17.6. The number of carbonyl (C=O) groups is 1. The van der Waals surface area contributed by atoms with Crippen molar-refractivity contribution < 1.29 is 13.6 Å². The van der Waals surface area contributed by atoms with Gasteiger partial charge in [-0.05, 0) is 43.3 Å². The van der Waals surface area contributed by atoms with E-state index in [9.17, 15) is 13.6 Å². The van der Waals surface area contributed by atoms with Gasteiger partial charge in [-0.15, -0.1) is 0 Å². The summed E-state index contributed by atoms with van der Waals surface area (Å²) in [6.45, 7) is 1.67. The molecule has 1 heterocycles. The Labute approximate surface area is 149 Å². The number of carbonyl (C=O) groups excluding carboxylic acids is 1. The SMILES string of the molecule is Cc1cc(N(C(N)=O)c2ccc(N(C)C)cc2)c2cc(F)cc(F)c2n1. The number of benzene rings is 2. The van der Waals surface area contributed by atoms with Crippen molar-refractivity contribution in [2.45, 2.75) is 6.92 Å². The highest BCUT2D eigenvalue weighted by atomic mass is 19.1. The third kappa shape index (κ3) is 3.15. The van der Waals surface area contributed by atoms with Crippen LogP contribution in [0.15, 0.2) is 42.5 Å². The van der Waals surface area contributed by atoms with Gasteiger partial charge in [0, 0.05) is 36.9 Å². The minimum atomic E-state index is -0.794. The van der Waals surface area contributed by atoms with E-state index in [1.807, 2.05) is 31.1 Å². The first-order valence-corrected chi connectivity index (χ1v) is 7.91. The number of amides is 2. The van der Waals surface area contributed by atoms with E-state index in [1.165, 1.54) is 4.90 Å². The minimum Gasteiger partial charge on any atom is -0.378 e. The molecule has 0 saturated carbocycles. The van der Waals surface area contributed by atoms with Gasteiger partial charge in [0.25, 0.3) is 0 Å². The number of hydrogen-bond acceptors (Lipinski definition) is 3. The lowest BCUT2D eigenvalue weighted by molar-refractivity contribution is 0.256. The van der Waals surface area contributed by atoms with Crippen LogP contribution in [-0.4, -0.2) is 25.1 Å². The van der Waals surface area contributed by atoms with Crippen LogP contribution in [0.2, 0.25) is 0 Å². The van der Waals surface area contributed by atoms with Crippen molar-refractivity contribution in [3.05, 3.63) is 59.8 Å². The molecule has 2 N–H and O–H groups in total. The zero-order valence-corrected chi connectivity index (χ0v) is 14.6. The fourth-order valence-corrected chi connectivity index (χ4v) is 2.83. The van der Waals surface area contributed by atoms with Crippen LogP contribution in [0.5, 0.6) is 0 Å². The van der Waals surface area contributed by atoms with Crippen molar-refractivity contribution in [1.29, 1.82) is 0 Å². The van der Waals surface area contributed by atoms with Gasteiger partial charge in [-0.2, -0.15) is 0 Å². The molecular weight excluding hydrogens is 338 g/mol. The number of anilines is 3. The summed E-state index contributed by atoms with van der Waals surface area (Å²) >= 11 is 0. The number of urea groups is 1. The molecule has 26 heavy (non-hydrogen) atoms. The second-order valence-corrected chi connectivity index (χ2v) is 6.15. The molecule has 2 amide bonds. The fourth-order valence-electron chi connectivity index (χ4n) is 2.83. The Hall–Kier alpha value is -3.22. The lowest BCUT2D eigenvalue weighted by Crippen LogP contribution is -2.31. The highest BCUT2D eigenvalue weighted by molar-refractivity contribution is 6.06. The first-order valence-electron chi connectivity index (χ1n) is 7.91. The Morgan fingerprint density at radius 2 is 1.65 bits per heavy atom. The van der Waals surface area contributed by atoms with Crippen LogP contribution in [0.4, 0.5) is 30.6 Å². The molecule has 0 radical (unpaired) electrons. The van der Waals surface area contributed by atoms with Crippen LogP contribution < -0.4 is 15.5 Å². The Morgan fingerprint density at radius 3 is 2.23 bits per heavy atom. The van der Waals surface area contributed by atoms with E-state index >= 15 is 0 Å². The molecule has 7 heteroatoms. The first-order chi connectivity index (χ1) is 12.3. The number of nitrogens with two attached hydrogens (primary N) is 1. The summed E-state index contributed by atoms with van der Waals surface area (Å²) in [7, 11) is 3.79. The van der Waals surface area contributed by atoms with Crippen molar-refractivity contribution in [1.82, 2.24) is 4.98 Å². The van der Waals surface area contributed by atoms with E-state index in [-0.39, 0.29) is 16.6 Å². The number of hydrogen-bond donors (Lipinski definition) is 1. The second-order valence-electron chi connectivity index (χ2n) is 6.15. The topological polar surface area (TPSA) is 62.5 Å².